The summed E-state index contributed by atoms with van der Waals surface area (Å²) >= 11 is 1.46. The van der Waals surface area contributed by atoms with Crippen LogP contribution in [-0.4, -0.2) is 55.8 Å². The Bertz CT molecular complexity index is 1590. The van der Waals surface area contributed by atoms with Gasteiger partial charge in [0.2, 0.25) is 0 Å². The molecule has 0 spiro atoms. The Balaban J connectivity index is 1.38. The number of halogens is 3. The van der Waals surface area contributed by atoms with Gasteiger partial charge in [-0.15, -0.1) is 11.3 Å². The molecule has 0 saturated heterocycles. The quantitative estimate of drug-likeness (QED) is 0.436. The van der Waals surface area contributed by atoms with Crippen molar-refractivity contribution < 1.29 is 27.9 Å². The minimum absolute atomic E-state index is 0.0822. The highest BCUT2D eigenvalue weighted by molar-refractivity contribution is 7.10. The maximum Gasteiger partial charge on any atom is 0.416 e. The molecule has 1 aliphatic carbocycles. The van der Waals surface area contributed by atoms with E-state index in [9.17, 15) is 32.7 Å². The van der Waals surface area contributed by atoms with Crippen molar-refractivity contribution >= 4 is 23.2 Å². The van der Waals surface area contributed by atoms with E-state index in [2.05, 4.69) is 4.98 Å². The van der Waals surface area contributed by atoms with Gasteiger partial charge in [-0.05, 0) is 70.2 Å². The van der Waals surface area contributed by atoms with E-state index in [1.54, 1.807) is 11.9 Å². The monoisotopic (exact) mass is 602 g/mol. The van der Waals surface area contributed by atoms with Crippen molar-refractivity contribution in [1.82, 2.24) is 19.8 Å². The van der Waals surface area contributed by atoms with E-state index in [4.69, 9.17) is 4.98 Å². The number of hydrogen-bond donors (Lipinski definition) is 2. The highest BCUT2D eigenvalue weighted by Crippen LogP contribution is 2.54. The maximum absolute atomic E-state index is 13.3. The fraction of sp³-hybridized carbons (Fsp3) is 0.467. The first-order valence-corrected chi connectivity index (χ1v) is 14.6. The first-order chi connectivity index (χ1) is 19.6. The van der Waals surface area contributed by atoms with Crippen LogP contribution in [0.25, 0.3) is 0 Å². The van der Waals surface area contributed by atoms with E-state index in [1.165, 1.54) is 22.3 Å². The van der Waals surface area contributed by atoms with Crippen molar-refractivity contribution in [2.24, 2.45) is 0 Å². The number of carbonyl (C=O) groups is 2. The highest BCUT2D eigenvalue weighted by Gasteiger charge is 2.50. The zero-order chi connectivity index (χ0) is 30.6. The van der Waals surface area contributed by atoms with E-state index in [-0.39, 0.29) is 30.1 Å². The number of nitrogens with one attached hydrogen (secondary N) is 1. The molecule has 3 aromatic rings. The molecular formula is C30H33F3N4O4S. The number of aliphatic hydroxyl groups is 1. The van der Waals surface area contributed by atoms with Gasteiger partial charge in [-0.25, -0.2) is 4.98 Å². The maximum atomic E-state index is 13.3. The number of thiophene rings is 1. The molecule has 2 aromatic heterocycles. The van der Waals surface area contributed by atoms with Gasteiger partial charge in [0.05, 0.1) is 34.3 Å². The Labute approximate surface area is 245 Å². The van der Waals surface area contributed by atoms with Gasteiger partial charge in [0, 0.05) is 29.4 Å². The summed E-state index contributed by atoms with van der Waals surface area (Å²) in [5.74, 6) is -0.332. The van der Waals surface area contributed by atoms with Crippen LogP contribution in [-0.2, 0) is 29.4 Å². The molecule has 8 nitrogen and oxygen atoms in total. The molecule has 1 aromatic carbocycles. The Morgan fingerprint density at radius 1 is 1.19 bits per heavy atom. The average molecular weight is 603 g/mol. The minimum Gasteiger partial charge on any atom is -0.378 e. The van der Waals surface area contributed by atoms with Gasteiger partial charge in [0.25, 0.3) is 17.4 Å². The van der Waals surface area contributed by atoms with Crippen LogP contribution in [0.1, 0.15) is 89.6 Å². The fourth-order valence-electron chi connectivity index (χ4n) is 5.16. The van der Waals surface area contributed by atoms with Crippen molar-refractivity contribution in [3.05, 3.63) is 84.7 Å². The third-order valence-corrected chi connectivity index (χ3v) is 9.33. The number of hydrogen-bond acceptors (Lipinski definition) is 6. The van der Waals surface area contributed by atoms with Gasteiger partial charge in [-0.3, -0.25) is 14.4 Å². The van der Waals surface area contributed by atoms with E-state index in [0.29, 0.717) is 35.5 Å². The van der Waals surface area contributed by atoms with Gasteiger partial charge >= 0.3 is 6.18 Å². The third kappa shape index (κ3) is 5.61. The molecule has 0 radical (unpaired) electrons. The van der Waals surface area contributed by atoms with Gasteiger partial charge in [0.15, 0.2) is 6.10 Å². The van der Waals surface area contributed by atoms with Crippen molar-refractivity contribution in [2.45, 2.75) is 76.2 Å². The molecule has 2 N–H and O–H groups in total. The predicted octanol–water partition coefficient (Wildman–Crippen LogP) is 4.81. The molecule has 3 heterocycles. The summed E-state index contributed by atoms with van der Waals surface area (Å²) in [7, 11) is 1.77. The van der Waals surface area contributed by atoms with Crippen molar-refractivity contribution in [2.75, 3.05) is 13.6 Å². The van der Waals surface area contributed by atoms with Crippen LogP contribution in [0.15, 0.2) is 40.5 Å². The van der Waals surface area contributed by atoms with Crippen molar-refractivity contribution in [3.63, 3.8) is 0 Å². The molecule has 0 bridgehead atoms. The second-order valence-electron chi connectivity index (χ2n) is 12.0. The van der Waals surface area contributed by atoms with E-state index >= 15 is 0 Å². The SMILES string of the molecule is CN(C(=O)c1csc(C2(c3nc4c(c(=O)[nH]3)CN(C(=O)[C@H](O)c3cccc(C(F)(F)F)c3)CCC4)CC2)c1)C(C)(C)C. The minimum atomic E-state index is -4.61. The smallest absolute Gasteiger partial charge is 0.378 e. The number of benzene rings is 1. The number of aliphatic hydroxyl groups excluding tert-OH is 1. The Morgan fingerprint density at radius 2 is 1.90 bits per heavy atom. The standard InChI is InChI=1S/C30H33F3N4O4S/c1-28(2,3)36(4)25(40)18-14-22(42-16-18)29(10-11-29)27-34-21-9-6-12-37(15-20(21)24(39)35-27)26(41)23(38)17-7-5-8-19(13-17)30(31,32)33/h5,7-8,13-14,16,23,38H,6,9-12,15H2,1-4H3,(H,34,35,39)/t23-/m1/s1. The number of carbonyl (C=O) groups excluding carboxylic acids is 2. The van der Waals surface area contributed by atoms with Crippen LogP contribution in [0, 0.1) is 0 Å². The Hall–Kier alpha value is -3.51. The lowest BCUT2D eigenvalue weighted by Gasteiger charge is -2.31. The number of aryl methyl sites for hydroxylation is 1. The molecule has 42 heavy (non-hydrogen) atoms. The zero-order valence-electron chi connectivity index (χ0n) is 23.8. The molecule has 1 saturated carbocycles. The number of rotatable bonds is 5. The second-order valence-corrected chi connectivity index (χ2v) is 13.0. The molecule has 5 rings (SSSR count). The van der Waals surface area contributed by atoms with Crippen LogP contribution >= 0.6 is 11.3 Å². The van der Waals surface area contributed by atoms with Crippen molar-refractivity contribution in [3.8, 4) is 0 Å². The lowest BCUT2D eigenvalue weighted by atomic mass is 10.0. The highest BCUT2D eigenvalue weighted by atomic mass is 32.1. The molecule has 12 heteroatoms. The molecular weight excluding hydrogens is 569 g/mol. The zero-order valence-corrected chi connectivity index (χ0v) is 24.7. The summed E-state index contributed by atoms with van der Waals surface area (Å²) in [6.07, 6.45) is -3.98. The van der Waals surface area contributed by atoms with Crippen LogP contribution in [0.5, 0.6) is 0 Å². The molecule has 1 fully saturated rings. The Morgan fingerprint density at radius 3 is 2.55 bits per heavy atom. The van der Waals surface area contributed by atoms with E-state index in [0.717, 1.165) is 35.9 Å². The average Bonchev–Trinajstić information content (AvgIpc) is 3.65. The van der Waals surface area contributed by atoms with E-state index in [1.807, 2.05) is 32.2 Å². The molecule has 1 aliphatic heterocycles. The Kier molecular flexibility index (Phi) is 7.59. The van der Waals surface area contributed by atoms with Crippen LogP contribution in [0.4, 0.5) is 13.2 Å². The number of nitrogens with zero attached hydrogens (tertiary/aromatic N) is 3. The third-order valence-electron chi connectivity index (χ3n) is 8.20. The van der Waals surface area contributed by atoms with Crippen LogP contribution in [0.3, 0.4) is 0 Å². The number of alkyl halides is 3. The summed E-state index contributed by atoms with van der Waals surface area (Å²) in [5, 5.41) is 12.5. The van der Waals surface area contributed by atoms with Gasteiger partial charge in [-0.1, -0.05) is 12.1 Å². The summed E-state index contributed by atoms with van der Waals surface area (Å²) in [4.78, 5) is 51.2. The number of amides is 2. The van der Waals surface area contributed by atoms with Gasteiger partial charge in [0.1, 0.15) is 5.82 Å². The number of aromatic nitrogens is 2. The summed E-state index contributed by atoms with van der Waals surface area (Å²) < 4.78 is 39.5. The topological polar surface area (TPSA) is 107 Å². The first-order valence-electron chi connectivity index (χ1n) is 13.8. The number of H-pyrrole nitrogens is 1. The second kappa shape index (κ2) is 10.6. The van der Waals surface area contributed by atoms with Crippen molar-refractivity contribution in [1.29, 1.82) is 0 Å². The summed E-state index contributed by atoms with van der Waals surface area (Å²) in [6.45, 7) is 5.99. The molecule has 0 unspecified atom stereocenters. The normalized spacial score (nSPS) is 17.3. The van der Waals surface area contributed by atoms with Crippen LogP contribution in [0.2, 0.25) is 0 Å². The van der Waals surface area contributed by atoms with E-state index < -0.39 is 34.7 Å². The predicted molar refractivity (Wildman–Crippen MR) is 151 cm³/mol. The number of fused-ring (bicyclic) bond motifs is 1. The summed E-state index contributed by atoms with van der Waals surface area (Å²) in [5.41, 5.74) is -0.898. The largest absolute Gasteiger partial charge is 0.416 e. The lowest BCUT2D eigenvalue weighted by molar-refractivity contribution is -0.142. The molecule has 1 atom stereocenters. The molecule has 224 valence electrons. The fourth-order valence-corrected chi connectivity index (χ4v) is 6.30. The molecule has 2 aliphatic rings. The van der Waals surface area contributed by atoms with Gasteiger partial charge in [-0.2, -0.15) is 13.2 Å². The van der Waals surface area contributed by atoms with Crippen LogP contribution < -0.4 is 5.56 Å². The lowest BCUT2D eigenvalue weighted by Crippen LogP contribution is -2.42. The summed E-state index contributed by atoms with van der Waals surface area (Å²) in [6, 6.07) is 5.92. The molecule has 2 amide bonds. The van der Waals surface area contributed by atoms with Gasteiger partial charge < -0.3 is 19.9 Å². The first kappa shape index (κ1) is 30.0. The number of aromatic amines is 1.